The first-order valence-electron chi connectivity index (χ1n) is 6.82. The van der Waals surface area contributed by atoms with Crippen molar-refractivity contribution >= 4 is 11.8 Å². The van der Waals surface area contributed by atoms with Crippen LogP contribution in [0.25, 0.3) is 0 Å². The van der Waals surface area contributed by atoms with Crippen molar-refractivity contribution in [3.05, 3.63) is 29.8 Å². The second kappa shape index (κ2) is 5.03. The normalized spacial score (nSPS) is 26.1. The molecule has 0 aromatic heterocycles. The molecular formula is C15H21NS. The molecule has 1 saturated carbocycles. The van der Waals surface area contributed by atoms with Gasteiger partial charge in [0.1, 0.15) is 0 Å². The van der Waals surface area contributed by atoms with Gasteiger partial charge in [-0.1, -0.05) is 31.0 Å². The number of fused-ring (bicyclic) bond motifs is 1. The van der Waals surface area contributed by atoms with Gasteiger partial charge in [-0.05, 0) is 37.3 Å². The first kappa shape index (κ1) is 11.6. The molecule has 1 aromatic carbocycles. The zero-order chi connectivity index (χ0) is 11.7. The van der Waals surface area contributed by atoms with E-state index in [0.29, 0.717) is 12.1 Å². The Labute approximate surface area is 108 Å². The molecule has 1 aromatic rings. The van der Waals surface area contributed by atoms with Crippen LogP contribution in [0.4, 0.5) is 0 Å². The molecule has 1 aliphatic carbocycles. The molecule has 1 fully saturated rings. The highest BCUT2D eigenvalue weighted by atomic mass is 32.2. The van der Waals surface area contributed by atoms with E-state index in [0.717, 1.165) is 5.92 Å². The van der Waals surface area contributed by atoms with E-state index in [-0.39, 0.29) is 0 Å². The average molecular weight is 247 g/mol. The van der Waals surface area contributed by atoms with Crippen molar-refractivity contribution in [2.24, 2.45) is 5.92 Å². The molecule has 1 nitrogen and oxygen atoms in total. The van der Waals surface area contributed by atoms with Gasteiger partial charge in [-0.25, -0.2) is 0 Å². The lowest BCUT2D eigenvalue weighted by atomic mass is 9.98. The average Bonchev–Trinajstić information content (AvgIpc) is 2.98. The van der Waals surface area contributed by atoms with Gasteiger partial charge < -0.3 is 5.32 Å². The van der Waals surface area contributed by atoms with Crippen LogP contribution in [0.2, 0.25) is 0 Å². The van der Waals surface area contributed by atoms with Crippen molar-refractivity contribution in [3.8, 4) is 0 Å². The van der Waals surface area contributed by atoms with Gasteiger partial charge in [0, 0.05) is 22.7 Å². The van der Waals surface area contributed by atoms with Crippen molar-refractivity contribution < 1.29 is 0 Å². The van der Waals surface area contributed by atoms with Gasteiger partial charge in [0.05, 0.1) is 0 Å². The summed E-state index contributed by atoms with van der Waals surface area (Å²) < 4.78 is 0. The van der Waals surface area contributed by atoms with Crippen molar-refractivity contribution in [1.29, 1.82) is 0 Å². The Morgan fingerprint density at radius 2 is 2.00 bits per heavy atom. The molecule has 0 bridgehead atoms. The molecule has 2 heteroatoms. The highest BCUT2D eigenvalue weighted by Gasteiger charge is 2.27. The van der Waals surface area contributed by atoms with E-state index in [1.54, 1.807) is 0 Å². The molecule has 0 saturated heterocycles. The molecule has 1 heterocycles. The maximum Gasteiger partial charge on any atom is 0.0428 e. The van der Waals surface area contributed by atoms with E-state index in [9.17, 15) is 0 Å². The number of hydrogen-bond donors (Lipinski definition) is 1. The van der Waals surface area contributed by atoms with Crippen LogP contribution in [0.5, 0.6) is 0 Å². The van der Waals surface area contributed by atoms with Gasteiger partial charge >= 0.3 is 0 Å². The summed E-state index contributed by atoms with van der Waals surface area (Å²) in [6, 6.07) is 10.1. The molecule has 0 amide bonds. The lowest BCUT2D eigenvalue weighted by Gasteiger charge is -2.24. The minimum Gasteiger partial charge on any atom is -0.306 e. The second-order valence-corrected chi connectivity index (χ2v) is 6.46. The first-order valence-corrected chi connectivity index (χ1v) is 7.81. The quantitative estimate of drug-likeness (QED) is 0.866. The van der Waals surface area contributed by atoms with E-state index >= 15 is 0 Å². The number of thioether (sulfide) groups is 1. The third kappa shape index (κ3) is 2.38. The van der Waals surface area contributed by atoms with Crippen LogP contribution in [0, 0.1) is 5.92 Å². The summed E-state index contributed by atoms with van der Waals surface area (Å²) in [4.78, 5) is 1.48. The predicted octanol–water partition coefficient (Wildman–Crippen LogP) is 4.00. The molecule has 2 atom stereocenters. The molecule has 1 unspecified atom stereocenters. The molecule has 1 N–H and O–H groups in total. The van der Waals surface area contributed by atoms with Gasteiger partial charge in [-0.15, -0.1) is 11.8 Å². The monoisotopic (exact) mass is 247 g/mol. The lowest BCUT2D eigenvalue weighted by molar-refractivity contribution is 0.355. The molecule has 17 heavy (non-hydrogen) atoms. The fourth-order valence-electron chi connectivity index (χ4n) is 3.21. The third-order valence-electron chi connectivity index (χ3n) is 4.27. The zero-order valence-corrected chi connectivity index (χ0v) is 11.3. The predicted molar refractivity (Wildman–Crippen MR) is 74.5 cm³/mol. The summed E-state index contributed by atoms with van der Waals surface area (Å²) in [6.07, 6.45) is 5.73. The SMILES string of the molecule is C[C@@H](NC1CSc2ccccc21)C1CCCC1. The maximum atomic E-state index is 3.86. The fraction of sp³-hybridized carbons (Fsp3) is 0.600. The standard InChI is InChI=1S/C15H21NS/c1-11(12-6-2-3-7-12)16-14-10-17-15-9-5-4-8-13(14)15/h4-5,8-9,11-12,14,16H,2-3,6-7,10H2,1H3/t11-,14?/m1/s1. The van der Waals surface area contributed by atoms with Crippen LogP contribution >= 0.6 is 11.8 Å². The largest absolute Gasteiger partial charge is 0.306 e. The Kier molecular flexibility index (Phi) is 3.44. The molecule has 2 aliphatic rings. The Bertz CT molecular complexity index is 384. The number of nitrogens with one attached hydrogen (secondary N) is 1. The molecule has 3 rings (SSSR count). The van der Waals surface area contributed by atoms with Gasteiger partial charge in [-0.3, -0.25) is 0 Å². The van der Waals surface area contributed by atoms with Crippen LogP contribution in [0.1, 0.15) is 44.2 Å². The van der Waals surface area contributed by atoms with Gasteiger partial charge in [0.2, 0.25) is 0 Å². The van der Waals surface area contributed by atoms with Gasteiger partial charge in [0.25, 0.3) is 0 Å². The molecule has 0 spiro atoms. The Hall–Kier alpha value is -0.470. The number of hydrogen-bond acceptors (Lipinski definition) is 2. The van der Waals surface area contributed by atoms with Crippen LogP contribution in [-0.2, 0) is 0 Å². The topological polar surface area (TPSA) is 12.0 Å². The Morgan fingerprint density at radius 1 is 1.24 bits per heavy atom. The molecule has 1 aliphatic heterocycles. The third-order valence-corrected chi connectivity index (χ3v) is 5.45. The minimum absolute atomic E-state index is 0.576. The number of rotatable bonds is 3. The van der Waals surface area contributed by atoms with Gasteiger partial charge in [0.15, 0.2) is 0 Å². The molecular weight excluding hydrogens is 226 g/mol. The number of benzene rings is 1. The van der Waals surface area contributed by atoms with Crippen LogP contribution in [-0.4, -0.2) is 11.8 Å². The smallest absolute Gasteiger partial charge is 0.0428 e. The second-order valence-electron chi connectivity index (χ2n) is 5.40. The Morgan fingerprint density at radius 3 is 2.82 bits per heavy atom. The minimum atomic E-state index is 0.576. The summed E-state index contributed by atoms with van der Waals surface area (Å²) in [7, 11) is 0. The highest BCUT2D eigenvalue weighted by molar-refractivity contribution is 7.99. The van der Waals surface area contributed by atoms with Crippen LogP contribution in [0.15, 0.2) is 29.2 Å². The van der Waals surface area contributed by atoms with Crippen LogP contribution in [0.3, 0.4) is 0 Å². The van der Waals surface area contributed by atoms with Gasteiger partial charge in [-0.2, -0.15) is 0 Å². The van der Waals surface area contributed by atoms with E-state index < -0.39 is 0 Å². The summed E-state index contributed by atoms with van der Waals surface area (Å²) in [5, 5.41) is 3.86. The summed E-state index contributed by atoms with van der Waals surface area (Å²) in [5.41, 5.74) is 1.52. The van der Waals surface area contributed by atoms with Crippen LogP contribution < -0.4 is 5.32 Å². The van der Waals surface area contributed by atoms with Crippen molar-refractivity contribution in [3.63, 3.8) is 0 Å². The van der Waals surface area contributed by atoms with E-state index in [2.05, 4.69) is 36.5 Å². The molecule has 0 radical (unpaired) electrons. The van der Waals surface area contributed by atoms with E-state index in [4.69, 9.17) is 0 Å². The Balaban J connectivity index is 1.66. The van der Waals surface area contributed by atoms with Crippen molar-refractivity contribution in [2.75, 3.05) is 5.75 Å². The van der Waals surface area contributed by atoms with Crippen molar-refractivity contribution in [1.82, 2.24) is 5.32 Å². The summed E-state index contributed by atoms with van der Waals surface area (Å²) in [6.45, 7) is 2.38. The molecule has 92 valence electrons. The van der Waals surface area contributed by atoms with E-state index in [1.807, 2.05) is 11.8 Å². The maximum absolute atomic E-state index is 3.86. The zero-order valence-electron chi connectivity index (χ0n) is 10.5. The van der Waals surface area contributed by atoms with Crippen molar-refractivity contribution in [2.45, 2.75) is 49.6 Å². The van der Waals surface area contributed by atoms with E-state index in [1.165, 1.54) is 41.9 Å². The highest BCUT2D eigenvalue weighted by Crippen LogP contribution is 2.39. The lowest BCUT2D eigenvalue weighted by Crippen LogP contribution is -2.35. The summed E-state index contributed by atoms with van der Waals surface area (Å²) >= 11 is 2.00. The fourth-order valence-corrected chi connectivity index (χ4v) is 4.39. The summed E-state index contributed by atoms with van der Waals surface area (Å²) in [5.74, 6) is 2.11. The first-order chi connectivity index (χ1) is 8.34.